The standard InChI is InChI=1S/C8H10O4/c1-6(5-8(11)12)3-2-4-7(9)10/h2-4H,5H2,1H3,(H,9,10)(H,11,12). The van der Waals surface area contributed by atoms with Gasteiger partial charge in [0.25, 0.3) is 0 Å². The molecule has 0 rings (SSSR count). The van der Waals surface area contributed by atoms with E-state index < -0.39 is 11.9 Å². The second-order valence-corrected chi connectivity index (χ2v) is 2.28. The average Bonchev–Trinajstić information content (AvgIpc) is 1.84. The van der Waals surface area contributed by atoms with Crippen LogP contribution in [0.25, 0.3) is 0 Å². The quantitative estimate of drug-likeness (QED) is 0.488. The first kappa shape index (κ1) is 10.4. The van der Waals surface area contributed by atoms with Gasteiger partial charge in [-0.3, -0.25) is 4.79 Å². The lowest BCUT2D eigenvalue weighted by atomic mass is 10.2. The van der Waals surface area contributed by atoms with Gasteiger partial charge in [-0.15, -0.1) is 0 Å². The Morgan fingerprint density at radius 1 is 1.33 bits per heavy atom. The van der Waals surface area contributed by atoms with E-state index in [-0.39, 0.29) is 6.42 Å². The molecule has 0 aromatic carbocycles. The van der Waals surface area contributed by atoms with Crippen molar-refractivity contribution in [1.82, 2.24) is 0 Å². The summed E-state index contributed by atoms with van der Waals surface area (Å²) in [5, 5.41) is 16.5. The first-order valence-electron chi connectivity index (χ1n) is 3.31. The molecule has 0 saturated heterocycles. The van der Waals surface area contributed by atoms with E-state index in [4.69, 9.17) is 10.2 Å². The molecule has 12 heavy (non-hydrogen) atoms. The lowest BCUT2D eigenvalue weighted by Crippen LogP contribution is -1.94. The van der Waals surface area contributed by atoms with E-state index in [0.29, 0.717) is 5.57 Å². The van der Waals surface area contributed by atoms with Crippen LogP contribution in [0.15, 0.2) is 23.8 Å². The van der Waals surface area contributed by atoms with Gasteiger partial charge >= 0.3 is 11.9 Å². The van der Waals surface area contributed by atoms with Crippen LogP contribution in [0.5, 0.6) is 0 Å². The molecule has 66 valence electrons. The van der Waals surface area contributed by atoms with Crippen molar-refractivity contribution >= 4 is 11.9 Å². The van der Waals surface area contributed by atoms with Crippen LogP contribution in [0.1, 0.15) is 13.3 Å². The Morgan fingerprint density at radius 3 is 2.33 bits per heavy atom. The van der Waals surface area contributed by atoms with Crippen LogP contribution in [0, 0.1) is 0 Å². The predicted octanol–water partition coefficient (Wildman–Crippen LogP) is 1.05. The summed E-state index contributed by atoms with van der Waals surface area (Å²) < 4.78 is 0. The summed E-state index contributed by atoms with van der Waals surface area (Å²) in [5.41, 5.74) is 0.611. The summed E-state index contributed by atoms with van der Waals surface area (Å²) in [6, 6.07) is 0. The summed E-state index contributed by atoms with van der Waals surface area (Å²) >= 11 is 0. The van der Waals surface area contributed by atoms with Crippen LogP contribution >= 0.6 is 0 Å². The normalized spacial score (nSPS) is 11.9. The molecule has 2 N–H and O–H groups in total. The third-order valence-electron chi connectivity index (χ3n) is 1.05. The van der Waals surface area contributed by atoms with E-state index in [1.165, 1.54) is 12.2 Å². The number of aliphatic carboxylic acids is 2. The molecule has 0 bridgehead atoms. The molecule has 0 aromatic heterocycles. The molecule has 4 nitrogen and oxygen atoms in total. The minimum Gasteiger partial charge on any atom is -0.481 e. The van der Waals surface area contributed by atoms with Gasteiger partial charge in [0.05, 0.1) is 6.42 Å². The van der Waals surface area contributed by atoms with Gasteiger partial charge in [-0.25, -0.2) is 4.79 Å². The zero-order chi connectivity index (χ0) is 9.56. The zero-order valence-corrected chi connectivity index (χ0v) is 6.65. The molecule has 0 saturated carbocycles. The van der Waals surface area contributed by atoms with Crippen LogP contribution in [-0.2, 0) is 9.59 Å². The van der Waals surface area contributed by atoms with Crippen molar-refractivity contribution in [3.05, 3.63) is 23.8 Å². The second kappa shape index (κ2) is 5.12. The Bertz CT molecular complexity index is 237. The highest BCUT2D eigenvalue weighted by molar-refractivity contribution is 5.80. The molecule has 0 aliphatic carbocycles. The fourth-order valence-electron chi connectivity index (χ4n) is 0.592. The monoisotopic (exact) mass is 170 g/mol. The number of rotatable bonds is 4. The number of carboxylic acid groups (broad SMARTS) is 2. The van der Waals surface area contributed by atoms with Crippen molar-refractivity contribution in [2.75, 3.05) is 0 Å². The summed E-state index contributed by atoms with van der Waals surface area (Å²) in [6.45, 7) is 1.63. The molecule has 0 unspecified atom stereocenters. The van der Waals surface area contributed by atoms with Gasteiger partial charge in [0.1, 0.15) is 0 Å². The number of carboxylic acids is 2. The van der Waals surface area contributed by atoms with E-state index in [1.807, 2.05) is 0 Å². The second-order valence-electron chi connectivity index (χ2n) is 2.28. The number of allylic oxidation sites excluding steroid dienone is 2. The summed E-state index contributed by atoms with van der Waals surface area (Å²) in [5.74, 6) is -1.97. The van der Waals surface area contributed by atoms with Crippen molar-refractivity contribution in [2.45, 2.75) is 13.3 Å². The topological polar surface area (TPSA) is 74.6 Å². The lowest BCUT2D eigenvalue weighted by molar-refractivity contribution is -0.136. The molecule has 0 aromatic rings. The Hall–Kier alpha value is -1.58. The third kappa shape index (κ3) is 6.54. The van der Waals surface area contributed by atoms with Crippen molar-refractivity contribution in [2.24, 2.45) is 0 Å². The van der Waals surface area contributed by atoms with Crippen molar-refractivity contribution in [3.63, 3.8) is 0 Å². The van der Waals surface area contributed by atoms with Crippen LogP contribution in [0.3, 0.4) is 0 Å². The van der Waals surface area contributed by atoms with E-state index in [9.17, 15) is 9.59 Å². The maximum atomic E-state index is 10.1. The molecule has 0 amide bonds. The first-order valence-corrected chi connectivity index (χ1v) is 3.31. The molecule has 4 heteroatoms. The van der Waals surface area contributed by atoms with E-state index in [2.05, 4.69) is 0 Å². The number of hydrogen-bond acceptors (Lipinski definition) is 2. The molecule has 0 radical (unpaired) electrons. The van der Waals surface area contributed by atoms with Crippen molar-refractivity contribution in [1.29, 1.82) is 0 Å². The van der Waals surface area contributed by atoms with Crippen molar-refractivity contribution in [3.8, 4) is 0 Å². The Kier molecular flexibility index (Phi) is 4.45. The smallest absolute Gasteiger partial charge is 0.328 e. The van der Waals surface area contributed by atoms with Gasteiger partial charge in [-0.1, -0.05) is 17.7 Å². The number of carbonyl (C=O) groups is 2. The molecule has 0 aliphatic rings. The van der Waals surface area contributed by atoms with Crippen LogP contribution < -0.4 is 0 Å². The highest BCUT2D eigenvalue weighted by atomic mass is 16.4. The van der Waals surface area contributed by atoms with Gasteiger partial charge in [-0.2, -0.15) is 0 Å². The fourth-order valence-corrected chi connectivity index (χ4v) is 0.592. The first-order chi connectivity index (χ1) is 5.52. The van der Waals surface area contributed by atoms with E-state index in [1.54, 1.807) is 6.92 Å². The summed E-state index contributed by atoms with van der Waals surface area (Å²) in [6.07, 6.45) is 3.65. The minimum absolute atomic E-state index is 0.0655. The van der Waals surface area contributed by atoms with Crippen LogP contribution in [-0.4, -0.2) is 22.2 Å². The van der Waals surface area contributed by atoms with Gasteiger partial charge in [0, 0.05) is 6.08 Å². The van der Waals surface area contributed by atoms with Gasteiger partial charge < -0.3 is 10.2 Å². The Labute approximate surface area is 69.8 Å². The maximum absolute atomic E-state index is 10.1. The molecular formula is C8H10O4. The number of hydrogen-bond donors (Lipinski definition) is 2. The fraction of sp³-hybridized carbons (Fsp3) is 0.250. The molecule has 0 aliphatic heterocycles. The summed E-state index contributed by atoms with van der Waals surface area (Å²) in [7, 11) is 0. The van der Waals surface area contributed by atoms with Gasteiger partial charge in [-0.05, 0) is 6.92 Å². The van der Waals surface area contributed by atoms with E-state index in [0.717, 1.165) is 6.08 Å². The van der Waals surface area contributed by atoms with Gasteiger partial charge in [0.15, 0.2) is 0 Å². The van der Waals surface area contributed by atoms with Crippen molar-refractivity contribution < 1.29 is 19.8 Å². The predicted molar refractivity (Wildman–Crippen MR) is 42.8 cm³/mol. The van der Waals surface area contributed by atoms with Crippen LogP contribution in [0.2, 0.25) is 0 Å². The highest BCUT2D eigenvalue weighted by Gasteiger charge is 1.95. The molecule has 0 fully saturated rings. The Balaban J connectivity index is 4.00. The molecular weight excluding hydrogens is 160 g/mol. The van der Waals surface area contributed by atoms with Gasteiger partial charge in [0.2, 0.25) is 0 Å². The maximum Gasteiger partial charge on any atom is 0.328 e. The molecule has 0 heterocycles. The minimum atomic E-state index is -1.05. The molecule has 0 spiro atoms. The third-order valence-corrected chi connectivity index (χ3v) is 1.05. The highest BCUT2D eigenvalue weighted by Crippen LogP contribution is 1.98. The lowest BCUT2D eigenvalue weighted by Gasteiger charge is -1.91. The largest absolute Gasteiger partial charge is 0.481 e. The average molecular weight is 170 g/mol. The molecule has 0 atom stereocenters. The van der Waals surface area contributed by atoms with E-state index >= 15 is 0 Å². The zero-order valence-electron chi connectivity index (χ0n) is 6.65. The summed E-state index contributed by atoms with van der Waals surface area (Å²) in [4.78, 5) is 20.1. The van der Waals surface area contributed by atoms with Crippen LogP contribution in [0.4, 0.5) is 0 Å². The SMILES string of the molecule is CC(=CC=CC(=O)O)CC(=O)O. The Morgan fingerprint density at radius 2 is 1.92 bits per heavy atom.